The molecule has 2 aromatic carbocycles. The van der Waals surface area contributed by atoms with Gasteiger partial charge in [-0.3, -0.25) is 4.99 Å². The maximum absolute atomic E-state index is 5.86. The Kier molecular flexibility index (Phi) is 6.29. The van der Waals surface area contributed by atoms with Crippen molar-refractivity contribution in [2.24, 2.45) is 10.7 Å². The van der Waals surface area contributed by atoms with Crippen molar-refractivity contribution in [3.8, 4) is 11.5 Å². The van der Waals surface area contributed by atoms with Crippen LogP contribution in [-0.4, -0.2) is 26.2 Å². The van der Waals surface area contributed by atoms with Gasteiger partial charge < -0.3 is 20.5 Å². The van der Waals surface area contributed by atoms with Crippen molar-refractivity contribution >= 4 is 11.6 Å². The Morgan fingerprint density at radius 1 is 1.13 bits per heavy atom. The van der Waals surface area contributed by atoms with Gasteiger partial charge >= 0.3 is 0 Å². The number of rotatable bonds is 7. The number of ether oxygens (including phenoxy) is 2. The number of benzene rings is 2. The zero-order valence-corrected chi connectivity index (χ0v) is 13.6. The molecule has 0 spiro atoms. The van der Waals surface area contributed by atoms with E-state index in [1.165, 1.54) is 0 Å². The van der Waals surface area contributed by atoms with Crippen LogP contribution in [0.4, 0.5) is 5.69 Å². The summed E-state index contributed by atoms with van der Waals surface area (Å²) in [6.45, 7) is 3.26. The highest BCUT2D eigenvalue weighted by Crippen LogP contribution is 2.16. The van der Waals surface area contributed by atoms with E-state index >= 15 is 0 Å². The highest BCUT2D eigenvalue weighted by Gasteiger charge is 1.98. The number of nitrogens with zero attached hydrogens (tertiary/aromatic N) is 1. The molecule has 0 saturated carbocycles. The minimum Gasteiger partial charge on any atom is -0.497 e. The van der Waals surface area contributed by atoms with Gasteiger partial charge in [0.1, 0.15) is 11.5 Å². The van der Waals surface area contributed by atoms with E-state index in [2.05, 4.69) is 10.3 Å². The number of methoxy groups -OCH3 is 1. The lowest BCUT2D eigenvalue weighted by molar-refractivity contribution is 0.311. The minimum absolute atomic E-state index is 0.394. The van der Waals surface area contributed by atoms with Gasteiger partial charge in [0, 0.05) is 18.7 Å². The highest BCUT2D eigenvalue weighted by atomic mass is 16.5. The van der Waals surface area contributed by atoms with E-state index in [9.17, 15) is 0 Å². The Hall–Kier alpha value is -2.69. The molecular formula is C18H23N3O2. The predicted octanol–water partition coefficient (Wildman–Crippen LogP) is 3.20. The van der Waals surface area contributed by atoms with E-state index in [0.717, 1.165) is 29.2 Å². The third-order valence-corrected chi connectivity index (χ3v) is 3.30. The fourth-order valence-corrected chi connectivity index (χ4v) is 2.03. The van der Waals surface area contributed by atoms with Gasteiger partial charge in [-0.1, -0.05) is 18.2 Å². The van der Waals surface area contributed by atoms with Gasteiger partial charge in [0.2, 0.25) is 0 Å². The van der Waals surface area contributed by atoms with E-state index in [1.54, 1.807) is 7.11 Å². The Bertz CT molecular complexity index is 639. The van der Waals surface area contributed by atoms with E-state index in [1.807, 2.05) is 55.5 Å². The quantitative estimate of drug-likeness (QED) is 0.468. The largest absolute Gasteiger partial charge is 0.497 e. The first kappa shape index (κ1) is 16.7. The minimum atomic E-state index is 0.394. The van der Waals surface area contributed by atoms with Crippen molar-refractivity contribution in [2.45, 2.75) is 13.3 Å². The number of aryl methyl sites for hydroxylation is 1. The van der Waals surface area contributed by atoms with Crippen molar-refractivity contribution in [1.29, 1.82) is 0 Å². The van der Waals surface area contributed by atoms with Crippen molar-refractivity contribution in [3.05, 3.63) is 54.1 Å². The van der Waals surface area contributed by atoms with Crippen molar-refractivity contribution in [3.63, 3.8) is 0 Å². The number of nitrogens with one attached hydrogen (secondary N) is 1. The molecule has 0 atom stereocenters. The molecule has 5 nitrogen and oxygen atoms in total. The first-order chi connectivity index (χ1) is 11.2. The molecule has 0 radical (unpaired) electrons. The Morgan fingerprint density at radius 2 is 1.87 bits per heavy atom. The van der Waals surface area contributed by atoms with E-state index in [0.29, 0.717) is 19.1 Å². The summed E-state index contributed by atoms with van der Waals surface area (Å²) in [5.74, 6) is 2.12. The summed E-state index contributed by atoms with van der Waals surface area (Å²) in [7, 11) is 1.64. The predicted molar refractivity (Wildman–Crippen MR) is 94.4 cm³/mol. The van der Waals surface area contributed by atoms with Gasteiger partial charge in [-0.15, -0.1) is 0 Å². The topological polar surface area (TPSA) is 68.9 Å². The lowest BCUT2D eigenvalue weighted by Crippen LogP contribution is -2.23. The molecular weight excluding hydrogens is 290 g/mol. The Labute approximate surface area is 137 Å². The average Bonchev–Trinajstić information content (AvgIpc) is 2.57. The third kappa shape index (κ3) is 5.54. The lowest BCUT2D eigenvalue weighted by Gasteiger charge is -2.08. The molecule has 2 aromatic rings. The number of nitrogens with two attached hydrogens (primary N) is 1. The molecule has 0 aliphatic heterocycles. The van der Waals surface area contributed by atoms with Crippen LogP contribution in [-0.2, 0) is 0 Å². The lowest BCUT2D eigenvalue weighted by atomic mass is 10.2. The summed E-state index contributed by atoms with van der Waals surface area (Å²) in [6, 6.07) is 15.5. The van der Waals surface area contributed by atoms with Crippen LogP contribution < -0.4 is 20.5 Å². The second kappa shape index (κ2) is 8.68. The molecule has 0 aliphatic carbocycles. The molecule has 0 bridgehead atoms. The second-order valence-electron chi connectivity index (χ2n) is 5.09. The normalized spacial score (nSPS) is 11.1. The van der Waals surface area contributed by atoms with E-state index in [-0.39, 0.29) is 0 Å². The molecule has 0 unspecified atom stereocenters. The number of hydrogen-bond donors (Lipinski definition) is 2. The maximum atomic E-state index is 5.86. The monoisotopic (exact) mass is 313 g/mol. The molecule has 0 heterocycles. The van der Waals surface area contributed by atoms with Crippen LogP contribution in [0.2, 0.25) is 0 Å². The van der Waals surface area contributed by atoms with Crippen LogP contribution in [0.25, 0.3) is 0 Å². The summed E-state index contributed by atoms with van der Waals surface area (Å²) in [5.41, 5.74) is 7.87. The third-order valence-electron chi connectivity index (χ3n) is 3.30. The molecule has 122 valence electrons. The zero-order chi connectivity index (χ0) is 16.5. The van der Waals surface area contributed by atoms with Gasteiger partial charge in [0.15, 0.2) is 5.96 Å². The molecule has 2 rings (SSSR count). The number of para-hydroxylation sites is 1. The standard InChI is InChI=1S/C18H23N3O2/c1-14-6-3-4-7-17(14)23-13-5-12-20-18(19)21-15-8-10-16(22-2)11-9-15/h3-4,6-11H,5,12-13H2,1-2H3,(H3,19,20,21). The fourth-order valence-electron chi connectivity index (χ4n) is 2.03. The van der Waals surface area contributed by atoms with Gasteiger partial charge in [-0.25, -0.2) is 0 Å². The van der Waals surface area contributed by atoms with Crippen LogP contribution in [0.15, 0.2) is 53.5 Å². The molecule has 3 N–H and O–H groups in total. The first-order valence-corrected chi connectivity index (χ1v) is 7.58. The van der Waals surface area contributed by atoms with Gasteiger partial charge in [-0.05, 0) is 42.8 Å². The maximum Gasteiger partial charge on any atom is 0.193 e. The van der Waals surface area contributed by atoms with Gasteiger partial charge in [-0.2, -0.15) is 0 Å². The Balaban J connectivity index is 1.71. The summed E-state index contributed by atoms with van der Waals surface area (Å²) in [5, 5.41) is 3.04. The summed E-state index contributed by atoms with van der Waals surface area (Å²) < 4.78 is 10.8. The molecule has 5 heteroatoms. The van der Waals surface area contributed by atoms with Crippen molar-refractivity contribution in [1.82, 2.24) is 0 Å². The van der Waals surface area contributed by atoms with Crippen LogP contribution >= 0.6 is 0 Å². The van der Waals surface area contributed by atoms with Crippen LogP contribution in [0.3, 0.4) is 0 Å². The number of anilines is 1. The smallest absolute Gasteiger partial charge is 0.193 e. The molecule has 23 heavy (non-hydrogen) atoms. The van der Waals surface area contributed by atoms with Gasteiger partial charge in [0.05, 0.1) is 13.7 Å². The van der Waals surface area contributed by atoms with Crippen LogP contribution in [0.5, 0.6) is 11.5 Å². The number of hydrogen-bond acceptors (Lipinski definition) is 3. The molecule has 0 aliphatic rings. The van der Waals surface area contributed by atoms with Crippen molar-refractivity contribution < 1.29 is 9.47 Å². The summed E-state index contributed by atoms with van der Waals surface area (Å²) in [6.07, 6.45) is 0.805. The van der Waals surface area contributed by atoms with Crippen LogP contribution in [0.1, 0.15) is 12.0 Å². The van der Waals surface area contributed by atoms with Gasteiger partial charge in [0.25, 0.3) is 0 Å². The molecule has 0 amide bonds. The molecule has 0 saturated heterocycles. The number of aliphatic imine (C=N–C) groups is 1. The average molecular weight is 313 g/mol. The highest BCUT2D eigenvalue weighted by molar-refractivity contribution is 5.92. The van der Waals surface area contributed by atoms with E-state index < -0.39 is 0 Å². The number of guanidine groups is 1. The second-order valence-corrected chi connectivity index (χ2v) is 5.09. The first-order valence-electron chi connectivity index (χ1n) is 7.58. The summed E-state index contributed by atoms with van der Waals surface area (Å²) in [4.78, 5) is 4.29. The Morgan fingerprint density at radius 3 is 2.57 bits per heavy atom. The van der Waals surface area contributed by atoms with Crippen molar-refractivity contribution in [2.75, 3.05) is 25.6 Å². The van der Waals surface area contributed by atoms with E-state index in [4.69, 9.17) is 15.2 Å². The SMILES string of the molecule is COc1ccc(NC(N)=NCCCOc2ccccc2C)cc1. The summed E-state index contributed by atoms with van der Waals surface area (Å²) >= 11 is 0. The fraction of sp³-hybridized carbons (Fsp3) is 0.278. The zero-order valence-electron chi connectivity index (χ0n) is 13.6. The molecule has 0 aromatic heterocycles. The van der Waals surface area contributed by atoms with Crippen LogP contribution in [0, 0.1) is 6.92 Å². The molecule has 0 fully saturated rings.